The van der Waals surface area contributed by atoms with Crippen molar-refractivity contribution >= 4 is 28.8 Å². The first-order chi connectivity index (χ1) is 16.2. The van der Waals surface area contributed by atoms with Gasteiger partial charge in [0.15, 0.2) is 5.82 Å². The highest BCUT2D eigenvalue weighted by molar-refractivity contribution is 5.93. The van der Waals surface area contributed by atoms with Crippen LogP contribution in [0.2, 0.25) is 0 Å². The van der Waals surface area contributed by atoms with E-state index >= 15 is 0 Å². The molecule has 2 aromatic rings. The lowest BCUT2D eigenvalue weighted by atomic mass is 10.1. The first-order valence-corrected chi connectivity index (χ1v) is 11.0. The minimum absolute atomic E-state index is 0.0861. The molecule has 1 amide bonds. The maximum Gasteiger partial charge on any atom is 0.221 e. The van der Waals surface area contributed by atoms with Crippen molar-refractivity contribution in [2.24, 2.45) is 22.1 Å². The number of nitriles is 3. The molecular formula is C24H29N9O. The molecule has 1 N–H and O–H groups in total. The minimum Gasteiger partial charge on any atom is -0.371 e. The van der Waals surface area contributed by atoms with Crippen molar-refractivity contribution in [1.82, 2.24) is 9.78 Å². The molecule has 34 heavy (non-hydrogen) atoms. The standard InChI is InChI=1S/C24H29N9O/c1-16(2)14-32(15-17(3)4)19-6-7-22(23(12-19)28-18(5)34)29-30-24-20(13-27)21(8-9-25)31-33(24)11-10-26/h6-7,12,16-17H,8,11,14-15H2,1-5H3,(H,28,34). The lowest BCUT2D eigenvalue weighted by Gasteiger charge is -2.29. The summed E-state index contributed by atoms with van der Waals surface area (Å²) in [7, 11) is 0. The number of aromatic nitrogens is 2. The van der Waals surface area contributed by atoms with Gasteiger partial charge in [0, 0.05) is 25.7 Å². The largest absolute Gasteiger partial charge is 0.371 e. The molecule has 1 aromatic carbocycles. The van der Waals surface area contributed by atoms with Crippen LogP contribution >= 0.6 is 0 Å². The van der Waals surface area contributed by atoms with Gasteiger partial charge in [-0.25, -0.2) is 4.68 Å². The molecule has 10 nitrogen and oxygen atoms in total. The van der Waals surface area contributed by atoms with E-state index in [2.05, 4.69) is 53.2 Å². The Morgan fingerprint density at radius 1 is 1.12 bits per heavy atom. The average molecular weight is 460 g/mol. The van der Waals surface area contributed by atoms with Crippen molar-refractivity contribution < 1.29 is 4.79 Å². The Labute approximate surface area is 200 Å². The fourth-order valence-corrected chi connectivity index (χ4v) is 3.46. The Balaban J connectivity index is 2.54. The summed E-state index contributed by atoms with van der Waals surface area (Å²) >= 11 is 0. The first kappa shape index (κ1) is 26.0. The van der Waals surface area contributed by atoms with Gasteiger partial charge < -0.3 is 10.2 Å². The fourth-order valence-electron chi connectivity index (χ4n) is 3.46. The lowest BCUT2D eigenvalue weighted by Crippen LogP contribution is -2.31. The molecule has 0 bridgehead atoms. The van der Waals surface area contributed by atoms with Crippen molar-refractivity contribution in [2.45, 2.75) is 47.6 Å². The predicted molar refractivity (Wildman–Crippen MR) is 129 cm³/mol. The molecule has 0 aliphatic rings. The third-order valence-electron chi connectivity index (χ3n) is 4.66. The van der Waals surface area contributed by atoms with Crippen LogP contribution in [0.4, 0.5) is 22.9 Å². The third kappa shape index (κ3) is 6.88. The number of rotatable bonds is 10. The van der Waals surface area contributed by atoms with Gasteiger partial charge in [-0.15, -0.1) is 10.2 Å². The molecule has 0 spiro atoms. The molecule has 1 aromatic heterocycles. The van der Waals surface area contributed by atoms with E-state index in [0.717, 1.165) is 18.8 Å². The number of carbonyl (C=O) groups is 1. The van der Waals surface area contributed by atoms with E-state index in [1.165, 1.54) is 11.6 Å². The molecule has 2 rings (SSSR count). The zero-order valence-corrected chi connectivity index (χ0v) is 20.2. The maximum absolute atomic E-state index is 11.9. The Hall–Kier alpha value is -4.23. The van der Waals surface area contributed by atoms with Crippen LogP contribution in [0, 0.1) is 45.8 Å². The van der Waals surface area contributed by atoms with Crippen molar-refractivity contribution in [1.29, 1.82) is 15.8 Å². The van der Waals surface area contributed by atoms with E-state index in [1.807, 2.05) is 30.3 Å². The van der Waals surface area contributed by atoms with Gasteiger partial charge in [-0.2, -0.15) is 20.9 Å². The summed E-state index contributed by atoms with van der Waals surface area (Å²) in [5.74, 6) is 0.745. The monoisotopic (exact) mass is 459 g/mol. The molecular weight excluding hydrogens is 430 g/mol. The first-order valence-electron chi connectivity index (χ1n) is 11.0. The topological polar surface area (TPSA) is 146 Å². The van der Waals surface area contributed by atoms with Gasteiger partial charge >= 0.3 is 0 Å². The molecule has 0 saturated heterocycles. The number of hydrogen-bond acceptors (Lipinski definition) is 8. The van der Waals surface area contributed by atoms with Crippen LogP contribution in [-0.2, 0) is 17.8 Å². The van der Waals surface area contributed by atoms with E-state index in [9.17, 15) is 10.1 Å². The fraction of sp³-hybridized carbons (Fsp3) is 0.458. The maximum atomic E-state index is 11.9. The number of anilines is 2. The number of carbonyl (C=O) groups excluding carboxylic acids is 1. The molecule has 0 radical (unpaired) electrons. The lowest BCUT2D eigenvalue weighted by molar-refractivity contribution is -0.114. The third-order valence-corrected chi connectivity index (χ3v) is 4.66. The van der Waals surface area contributed by atoms with Gasteiger partial charge in [0.25, 0.3) is 0 Å². The number of nitrogens with zero attached hydrogens (tertiary/aromatic N) is 8. The predicted octanol–water partition coefficient (Wildman–Crippen LogP) is 4.84. The molecule has 0 aliphatic heterocycles. The summed E-state index contributed by atoms with van der Waals surface area (Å²) in [5, 5.41) is 43.1. The van der Waals surface area contributed by atoms with Gasteiger partial charge in [0.2, 0.25) is 5.91 Å². The van der Waals surface area contributed by atoms with Crippen molar-refractivity contribution in [2.75, 3.05) is 23.3 Å². The van der Waals surface area contributed by atoms with Crippen LogP contribution < -0.4 is 10.2 Å². The van der Waals surface area contributed by atoms with Crippen LogP contribution in [0.15, 0.2) is 28.4 Å². The summed E-state index contributed by atoms with van der Waals surface area (Å²) in [6.07, 6.45) is -0.0861. The Bertz CT molecular complexity index is 1160. The summed E-state index contributed by atoms with van der Waals surface area (Å²) in [5.41, 5.74) is 2.16. The van der Waals surface area contributed by atoms with Gasteiger partial charge in [0.05, 0.1) is 29.9 Å². The van der Waals surface area contributed by atoms with Gasteiger partial charge in [-0.1, -0.05) is 27.7 Å². The Morgan fingerprint density at radius 3 is 2.32 bits per heavy atom. The Kier molecular flexibility index (Phi) is 9.28. The van der Waals surface area contributed by atoms with E-state index in [0.29, 0.717) is 23.2 Å². The highest BCUT2D eigenvalue weighted by Crippen LogP contribution is 2.33. The molecule has 0 aliphatic carbocycles. The van der Waals surface area contributed by atoms with Gasteiger partial charge in [-0.3, -0.25) is 4.79 Å². The molecule has 10 heteroatoms. The second kappa shape index (κ2) is 12.1. The molecule has 0 saturated carbocycles. The zero-order chi connectivity index (χ0) is 25.3. The van der Waals surface area contributed by atoms with Gasteiger partial charge in [0.1, 0.15) is 23.9 Å². The molecule has 1 heterocycles. The second-order valence-electron chi connectivity index (χ2n) is 8.68. The zero-order valence-electron chi connectivity index (χ0n) is 20.2. The second-order valence-corrected chi connectivity index (χ2v) is 8.68. The van der Waals surface area contributed by atoms with Crippen molar-refractivity contribution in [3.8, 4) is 18.2 Å². The minimum atomic E-state index is -0.253. The molecule has 0 atom stereocenters. The quantitative estimate of drug-likeness (QED) is 0.503. The number of amides is 1. The van der Waals surface area contributed by atoms with Crippen LogP contribution in [0.1, 0.15) is 45.9 Å². The van der Waals surface area contributed by atoms with Crippen LogP contribution in [0.25, 0.3) is 0 Å². The number of hydrogen-bond donors (Lipinski definition) is 1. The van der Waals surface area contributed by atoms with E-state index in [1.54, 1.807) is 6.07 Å². The van der Waals surface area contributed by atoms with E-state index in [4.69, 9.17) is 10.5 Å². The summed E-state index contributed by atoms with van der Waals surface area (Å²) < 4.78 is 1.24. The number of benzene rings is 1. The Morgan fingerprint density at radius 2 is 1.79 bits per heavy atom. The van der Waals surface area contributed by atoms with Crippen LogP contribution in [0.5, 0.6) is 0 Å². The summed E-state index contributed by atoms with van der Waals surface area (Å²) in [6, 6.07) is 11.4. The number of azo groups is 1. The molecule has 0 fully saturated rings. The smallest absolute Gasteiger partial charge is 0.221 e. The average Bonchev–Trinajstić information content (AvgIpc) is 3.07. The van der Waals surface area contributed by atoms with E-state index < -0.39 is 0 Å². The summed E-state index contributed by atoms with van der Waals surface area (Å²) in [4.78, 5) is 14.1. The highest BCUT2D eigenvalue weighted by Gasteiger charge is 2.18. The van der Waals surface area contributed by atoms with Crippen molar-refractivity contribution in [3.63, 3.8) is 0 Å². The molecule has 0 unspecified atom stereocenters. The normalized spacial score (nSPS) is 10.8. The van der Waals surface area contributed by atoms with Crippen molar-refractivity contribution in [3.05, 3.63) is 29.5 Å². The van der Waals surface area contributed by atoms with Crippen LogP contribution in [-0.4, -0.2) is 28.8 Å². The van der Waals surface area contributed by atoms with E-state index in [-0.39, 0.29) is 35.9 Å². The number of nitrogens with one attached hydrogen (secondary N) is 1. The highest BCUT2D eigenvalue weighted by atomic mass is 16.1. The molecule has 176 valence electrons. The van der Waals surface area contributed by atoms with Gasteiger partial charge in [-0.05, 0) is 30.0 Å². The summed E-state index contributed by atoms with van der Waals surface area (Å²) in [6.45, 7) is 11.6. The van der Waals surface area contributed by atoms with Crippen LogP contribution in [0.3, 0.4) is 0 Å². The SMILES string of the molecule is CC(=O)Nc1cc(N(CC(C)C)CC(C)C)ccc1N=Nc1c(C#N)c(CC#N)nn1CC#N.